The van der Waals surface area contributed by atoms with E-state index in [-0.39, 0.29) is 18.7 Å². The average Bonchev–Trinajstić information content (AvgIpc) is 2.38. The summed E-state index contributed by atoms with van der Waals surface area (Å²) >= 11 is 0. The van der Waals surface area contributed by atoms with Gasteiger partial charge in [-0.1, -0.05) is 6.07 Å². The number of rotatable bonds is 4. The highest BCUT2D eigenvalue weighted by Crippen LogP contribution is 2.15. The van der Waals surface area contributed by atoms with Gasteiger partial charge in [0.05, 0.1) is 13.2 Å². The van der Waals surface area contributed by atoms with Gasteiger partial charge in [-0.25, -0.2) is 4.79 Å². The number of hydrogen-bond acceptors (Lipinski definition) is 5. The first-order chi connectivity index (χ1) is 8.74. The minimum atomic E-state index is -0.357. The van der Waals surface area contributed by atoms with Crippen molar-refractivity contribution >= 4 is 11.7 Å². The Hall–Kier alpha value is -1.75. The molecule has 0 radical (unpaired) electrons. The fraction of sp³-hybridized carbons (Fsp3) is 0.462. The summed E-state index contributed by atoms with van der Waals surface area (Å²) in [5, 5.41) is 0. The van der Waals surface area contributed by atoms with E-state index in [1.54, 1.807) is 24.3 Å². The van der Waals surface area contributed by atoms with Crippen LogP contribution in [0.25, 0.3) is 0 Å². The Morgan fingerprint density at radius 3 is 2.89 bits per heavy atom. The van der Waals surface area contributed by atoms with E-state index in [1.807, 2.05) is 0 Å². The number of hydrogen-bond donors (Lipinski definition) is 1. The van der Waals surface area contributed by atoms with E-state index >= 15 is 0 Å². The summed E-state index contributed by atoms with van der Waals surface area (Å²) in [5.41, 5.74) is 6.21. The highest BCUT2D eigenvalue weighted by Gasteiger charge is 2.18. The van der Waals surface area contributed by atoms with Crippen LogP contribution >= 0.6 is 0 Å². The van der Waals surface area contributed by atoms with Crippen LogP contribution in [-0.2, 0) is 14.3 Å². The van der Waals surface area contributed by atoms with Gasteiger partial charge in [0, 0.05) is 24.6 Å². The monoisotopic (exact) mass is 251 g/mol. The molecule has 18 heavy (non-hydrogen) atoms. The zero-order valence-electron chi connectivity index (χ0n) is 10.1. The summed E-state index contributed by atoms with van der Waals surface area (Å²) in [4.78, 5) is 11.6. The van der Waals surface area contributed by atoms with Crippen molar-refractivity contribution in [3.8, 4) is 5.75 Å². The summed E-state index contributed by atoms with van der Waals surface area (Å²) in [6, 6.07) is 6.95. The third kappa shape index (κ3) is 3.92. The van der Waals surface area contributed by atoms with E-state index in [2.05, 4.69) is 0 Å². The first-order valence-electron chi connectivity index (χ1n) is 5.99. The third-order valence-corrected chi connectivity index (χ3v) is 2.68. The van der Waals surface area contributed by atoms with Gasteiger partial charge in [0.1, 0.15) is 11.9 Å². The molecule has 0 atom stereocenters. The van der Waals surface area contributed by atoms with Gasteiger partial charge in [0.25, 0.3) is 0 Å². The minimum Gasteiger partial charge on any atom is -0.482 e. The van der Waals surface area contributed by atoms with Crippen LogP contribution in [0.1, 0.15) is 12.8 Å². The lowest BCUT2D eigenvalue weighted by molar-refractivity contribution is -0.155. The number of anilines is 1. The Balaban J connectivity index is 1.74. The van der Waals surface area contributed by atoms with Crippen molar-refractivity contribution in [1.82, 2.24) is 0 Å². The predicted octanol–water partition coefficient (Wildman–Crippen LogP) is 1.37. The molecule has 1 aliphatic rings. The number of ether oxygens (including phenoxy) is 3. The minimum absolute atomic E-state index is 0.0457. The van der Waals surface area contributed by atoms with Gasteiger partial charge < -0.3 is 19.9 Å². The number of nitrogen functional groups attached to an aromatic ring is 1. The van der Waals surface area contributed by atoms with Crippen molar-refractivity contribution in [1.29, 1.82) is 0 Å². The van der Waals surface area contributed by atoms with Crippen LogP contribution in [0.4, 0.5) is 5.69 Å². The fourth-order valence-corrected chi connectivity index (χ4v) is 1.76. The average molecular weight is 251 g/mol. The van der Waals surface area contributed by atoms with Crippen molar-refractivity contribution in [2.75, 3.05) is 25.6 Å². The van der Waals surface area contributed by atoms with E-state index in [9.17, 15) is 4.79 Å². The Kier molecular flexibility index (Phi) is 4.41. The summed E-state index contributed by atoms with van der Waals surface area (Å²) < 4.78 is 15.8. The smallest absolute Gasteiger partial charge is 0.344 e. The molecule has 98 valence electrons. The molecular weight excluding hydrogens is 234 g/mol. The lowest BCUT2D eigenvalue weighted by Crippen LogP contribution is -2.28. The van der Waals surface area contributed by atoms with Gasteiger partial charge in [0.15, 0.2) is 6.61 Å². The third-order valence-electron chi connectivity index (χ3n) is 2.68. The molecule has 1 aromatic carbocycles. The fourth-order valence-electron chi connectivity index (χ4n) is 1.76. The largest absolute Gasteiger partial charge is 0.482 e. The summed E-state index contributed by atoms with van der Waals surface area (Å²) in [6.07, 6.45) is 1.46. The summed E-state index contributed by atoms with van der Waals surface area (Å²) in [6.45, 7) is 1.20. The number of esters is 1. The molecule has 0 aliphatic carbocycles. The van der Waals surface area contributed by atoms with Crippen molar-refractivity contribution < 1.29 is 19.0 Å². The molecule has 5 nitrogen and oxygen atoms in total. The van der Waals surface area contributed by atoms with Crippen LogP contribution in [-0.4, -0.2) is 31.9 Å². The van der Waals surface area contributed by atoms with Crippen LogP contribution in [0.15, 0.2) is 24.3 Å². The quantitative estimate of drug-likeness (QED) is 0.646. The van der Waals surface area contributed by atoms with Crippen molar-refractivity contribution in [2.45, 2.75) is 18.9 Å². The molecule has 1 aliphatic heterocycles. The maximum Gasteiger partial charge on any atom is 0.344 e. The van der Waals surface area contributed by atoms with Gasteiger partial charge >= 0.3 is 5.97 Å². The molecular formula is C13H17NO4. The molecule has 0 amide bonds. The van der Waals surface area contributed by atoms with Gasteiger partial charge in [-0.15, -0.1) is 0 Å². The highest BCUT2D eigenvalue weighted by molar-refractivity contribution is 5.71. The number of carbonyl (C=O) groups excluding carboxylic acids is 1. The van der Waals surface area contributed by atoms with Gasteiger partial charge in [-0.3, -0.25) is 0 Å². The van der Waals surface area contributed by atoms with Crippen LogP contribution in [0.2, 0.25) is 0 Å². The second-order valence-electron chi connectivity index (χ2n) is 4.16. The molecule has 1 saturated heterocycles. The standard InChI is InChI=1S/C13H17NO4/c14-10-2-1-3-12(8-10)17-9-13(15)18-11-4-6-16-7-5-11/h1-3,8,11H,4-7,9,14H2. The van der Waals surface area contributed by atoms with Crippen LogP contribution in [0, 0.1) is 0 Å². The Bertz CT molecular complexity index is 402. The van der Waals surface area contributed by atoms with E-state index in [0.29, 0.717) is 24.7 Å². The molecule has 1 fully saturated rings. The number of nitrogens with two attached hydrogens (primary N) is 1. The maximum atomic E-state index is 11.6. The molecule has 0 aromatic heterocycles. The van der Waals surface area contributed by atoms with Crippen molar-refractivity contribution in [3.05, 3.63) is 24.3 Å². The molecule has 0 unspecified atom stereocenters. The molecule has 0 saturated carbocycles. The molecule has 2 rings (SSSR count). The zero-order valence-corrected chi connectivity index (χ0v) is 10.1. The maximum absolute atomic E-state index is 11.6. The number of carbonyl (C=O) groups is 1. The van der Waals surface area contributed by atoms with Gasteiger partial charge in [0.2, 0.25) is 0 Å². The van der Waals surface area contributed by atoms with Gasteiger partial charge in [-0.2, -0.15) is 0 Å². The normalized spacial score (nSPS) is 16.2. The Morgan fingerprint density at radius 1 is 1.39 bits per heavy atom. The molecule has 0 bridgehead atoms. The Labute approximate surface area is 106 Å². The van der Waals surface area contributed by atoms with E-state index < -0.39 is 0 Å². The van der Waals surface area contributed by atoms with E-state index in [0.717, 1.165) is 12.8 Å². The van der Waals surface area contributed by atoms with E-state index in [4.69, 9.17) is 19.9 Å². The SMILES string of the molecule is Nc1cccc(OCC(=O)OC2CCOCC2)c1. The number of benzene rings is 1. The lowest BCUT2D eigenvalue weighted by atomic mass is 10.2. The second kappa shape index (κ2) is 6.26. The zero-order chi connectivity index (χ0) is 12.8. The van der Waals surface area contributed by atoms with Crippen LogP contribution in [0.5, 0.6) is 5.75 Å². The van der Waals surface area contributed by atoms with Gasteiger partial charge in [-0.05, 0) is 12.1 Å². The lowest BCUT2D eigenvalue weighted by Gasteiger charge is -2.22. The first-order valence-corrected chi connectivity index (χ1v) is 5.99. The molecule has 1 heterocycles. The van der Waals surface area contributed by atoms with Crippen LogP contribution in [0.3, 0.4) is 0 Å². The molecule has 0 spiro atoms. The molecule has 2 N–H and O–H groups in total. The molecule has 5 heteroatoms. The van der Waals surface area contributed by atoms with E-state index in [1.165, 1.54) is 0 Å². The molecule has 1 aromatic rings. The Morgan fingerprint density at radius 2 is 2.17 bits per heavy atom. The topological polar surface area (TPSA) is 70.8 Å². The predicted molar refractivity (Wildman–Crippen MR) is 66.3 cm³/mol. The first kappa shape index (κ1) is 12.7. The van der Waals surface area contributed by atoms with Crippen molar-refractivity contribution in [3.63, 3.8) is 0 Å². The van der Waals surface area contributed by atoms with Crippen molar-refractivity contribution in [2.24, 2.45) is 0 Å². The highest BCUT2D eigenvalue weighted by atomic mass is 16.6. The second-order valence-corrected chi connectivity index (χ2v) is 4.16. The van der Waals surface area contributed by atoms with Crippen LogP contribution < -0.4 is 10.5 Å². The summed E-state index contributed by atoms with van der Waals surface area (Å²) in [5.74, 6) is 0.211. The summed E-state index contributed by atoms with van der Waals surface area (Å²) in [7, 11) is 0.